The second-order valence-electron chi connectivity index (χ2n) is 5.16. The van der Waals surface area contributed by atoms with Gasteiger partial charge in [-0.05, 0) is 31.4 Å². The predicted molar refractivity (Wildman–Crippen MR) is 75.7 cm³/mol. The number of carboxylic acids is 1. The van der Waals surface area contributed by atoms with Crippen LogP contribution >= 0.6 is 0 Å². The lowest BCUT2D eigenvalue weighted by atomic mass is 10.1. The van der Waals surface area contributed by atoms with Gasteiger partial charge in [-0.15, -0.1) is 0 Å². The minimum atomic E-state index is -0.816. The van der Waals surface area contributed by atoms with Crippen molar-refractivity contribution >= 4 is 17.8 Å². The Hall–Kier alpha value is -2.37. The summed E-state index contributed by atoms with van der Waals surface area (Å²) in [6, 6.07) is 8.53. The maximum Gasteiger partial charge on any atom is 0.306 e. The molecular weight excluding hydrogens is 272 g/mol. The molecule has 0 spiro atoms. The number of carboxylic acid groups (broad SMARTS) is 1. The van der Waals surface area contributed by atoms with E-state index in [9.17, 15) is 14.4 Å². The fourth-order valence-electron chi connectivity index (χ4n) is 2.47. The van der Waals surface area contributed by atoms with E-state index in [1.165, 1.54) is 0 Å². The summed E-state index contributed by atoms with van der Waals surface area (Å²) in [5, 5.41) is 14.2. The summed E-state index contributed by atoms with van der Waals surface area (Å²) in [6.07, 6.45) is 1.69. The van der Waals surface area contributed by atoms with Gasteiger partial charge in [-0.25, -0.2) is 0 Å². The van der Waals surface area contributed by atoms with Gasteiger partial charge in [-0.1, -0.05) is 18.2 Å². The molecule has 0 aliphatic heterocycles. The van der Waals surface area contributed by atoms with Crippen molar-refractivity contribution in [3.8, 4) is 0 Å². The fourth-order valence-corrected chi connectivity index (χ4v) is 2.47. The molecule has 1 fully saturated rings. The Balaban J connectivity index is 1.73. The van der Waals surface area contributed by atoms with E-state index in [-0.39, 0.29) is 30.3 Å². The molecule has 1 aliphatic rings. The highest BCUT2D eigenvalue weighted by atomic mass is 16.4. The number of amides is 2. The number of rotatable bonds is 5. The van der Waals surface area contributed by atoms with Gasteiger partial charge >= 0.3 is 5.97 Å². The van der Waals surface area contributed by atoms with Gasteiger partial charge < -0.3 is 15.7 Å². The zero-order valence-electron chi connectivity index (χ0n) is 11.5. The van der Waals surface area contributed by atoms with Crippen LogP contribution in [0.5, 0.6) is 0 Å². The van der Waals surface area contributed by atoms with Crippen molar-refractivity contribution in [3.05, 3.63) is 35.9 Å². The number of hydrogen-bond donors (Lipinski definition) is 3. The van der Waals surface area contributed by atoms with Gasteiger partial charge in [0.15, 0.2) is 0 Å². The Kier molecular flexibility index (Phi) is 4.92. The second-order valence-corrected chi connectivity index (χ2v) is 5.16. The summed E-state index contributed by atoms with van der Waals surface area (Å²) in [7, 11) is 0. The van der Waals surface area contributed by atoms with Crippen LogP contribution in [0.4, 0.5) is 0 Å². The highest BCUT2D eigenvalue weighted by molar-refractivity contribution is 5.96. The van der Waals surface area contributed by atoms with Crippen molar-refractivity contribution < 1.29 is 19.5 Å². The number of carbonyl (C=O) groups is 3. The summed E-state index contributed by atoms with van der Waals surface area (Å²) in [4.78, 5) is 34.3. The second kappa shape index (κ2) is 6.88. The van der Waals surface area contributed by atoms with Gasteiger partial charge in [0, 0.05) is 11.6 Å². The first kappa shape index (κ1) is 15.0. The molecule has 0 bridgehead atoms. The number of hydrogen-bond acceptors (Lipinski definition) is 3. The quantitative estimate of drug-likeness (QED) is 0.747. The lowest BCUT2D eigenvalue weighted by molar-refractivity contribution is -0.141. The average Bonchev–Trinajstić information content (AvgIpc) is 2.94. The summed E-state index contributed by atoms with van der Waals surface area (Å²) in [6.45, 7) is -0.109. The predicted octanol–water partition coefficient (Wildman–Crippen LogP) is 0.786. The Morgan fingerprint density at radius 2 is 1.86 bits per heavy atom. The van der Waals surface area contributed by atoms with Crippen LogP contribution in [0.15, 0.2) is 30.3 Å². The highest BCUT2D eigenvalue weighted by Gasteiger charge is 2.30. The van der Waals surface area contributed by atoms with E-state index in [2.05, 4.69) is 10.6 Å². The third-order valence-electron chi connectivity index (χ3n) is 3.59. The van der Waals surface area contributed by atoms with E-state index in [0.717, 1.165) is 0 Å². The number of nitrogens with one attached hydrogen (secondary N) is 2. The number of aliphatic carboxylic acids is 1. The van der Waals surface area contributed by atoms with E-state index in [4.69, 9.17) is 5.11 Å². The molecule has 0 unspecified atom stereocenters. The Morgan fingerprint density at radius 3 is 2.48 bits per heavy atom. The first-order chi connectivity index (χ1) is 10.1. The van der Waals surface area contributed by atoms with E-state index < -0.39 is 5.97 Å². The fraction of sp³-hybridized carbons (Fsp3) is 0.400. The molecule has 6 heteroatoms. The maximum absolute atomic E-state index is 11.8. The van der Waals surface area contributed by atoms with Crippen molar-refractivity contribution in [2.75, 3.05) is 6.54 Å². The third kappa shape index (κ3) is 4.30. The highest BCUT2D eigenvalue weighted by Crippen LogP contribution is 2.25. The molecule has 1 aromatic rings. The van der Waals surface area contributed by atoms with E-state index in [1.807, 2.05) is 6.07 Å². The molecule has 0 aromatic heterocycles. The van der Waals surface area contributed by atoms with Crippen molar-refractivity contribution in [2.24, 2.45) is 5.92 Å². The van der Waals surface area contributed by atoms with Crippen molar-refractivity contribution in [1.29, 1.82) is 0 Å². The normalized spacial score (nSPS) is 20.8. The zero-order chi connectivity index (χ0) is 15.2. The van der Waals surface area contributed by atoms with Crippen LogP contribution in [-0.4, -0.2) is 35.5 Å². The van der Waals surface area contributed by atoms with Crippen LogP contribution in [0, 0.1) is 5.92 Å². The molecule has 1 aliphatic carbocycles. The monoisotopic (exact) mass is 290 g/mol. The number of benzene rings is 1. The lowest BCUT2D eigenvalue weighted by Gasteiger charge is -2.12. The maximum atomic E-state index is 11.8. The molecule has 2 amide bonds. The molecular formula is C15H18N2O4. The standard InChI is InChI=1S/C15H18N2O4/c18-13(17-12-7-6-11(8-12)15(20)21)9-16-14(19)10-4-2-1-3-5-10/h1-5,11-12H,6-9H2,(H,16,19)(H,17,18)(H,20,21)/t11-,12+/m1/s1. The van der Waals surface area contributed by atoms with Crippen LogP contribution in [0.25, 0.3) is 0 Å². The minimum absolute atomic E-state index is 0.109. The first-order valence-corrected chi connectivity index (χ1v) is 6.91. The molecule has 2 rings (SSSR count). The van der Waals surface area contributed by atoms with Gasteiger partial charge in [0.1, 0.15) is 0 Å². The first-order valence-electron chi connectivity index (χ1n) is 6.91. The molecule has 0 heterocycles. The van der Waals surface area contributed by atoms with Gasteiger partial charge in [-0.2, -0.15) is 0 Å². The summed E-state index contributed by atoms with van der Waals surface area (Å²) >= 11 is 0. The number of carbonyl (C=O) groups excluding carboxylic acids is 2. The van der Waals surface area contributed by atoms with Gasteiger partial charge in [0.05, 0.1) is 12.5 Å². The molecule has 1 aromatic carbocycles. The average molecular weight is 290 g/mol. The zero-order valence-corrected chi connectivity index (χ0v) is 11.5. The third-order valence-corrected chi connectivity index (χ3v) is 3.59. The lowest BCUT2D eigenvalue weighted by Crippen LogP contribution is -2.41. The summed E-state index contributed by atoms with van der Waals surface area (Å²) in [5.74, 6) is -1.80. The molecule has 21 heavy (non-hydrogen) atoms. The smallest absolute Gasteiger partial charge is 0.306 e. The Labute approximate surface area is 122 Å². The summed E-state index contributed by atoms with van der Waals surface area (Å²) < 4.78 is 0. The molecule has 6 nitrogen and oxygen atoms in total. The Morgan fingerprint density at radius 1 is 1.14 bits per heavy atom. The van der Waals surface area contributed by atoms with Crippen molar-refractivity contribution in [1.82, 2.24) is 10.6 Å². The van der Waals surface area contributed by atoms with Crippen LogP contribution in [0.1, 0.15) is 29.6 Å². The van der Waals surface area contributed by atoms with E-state index in [0.29, 0.717) is 24.8 Å². The molecule has 112 valence electrons. The van der Waals surface area contributed by atoms with Crippen molar-refractivity contribution in [2.45, 2.75) is 25.3 Å². The molecule has 3 N–H and O–H groups in total. The molecule has 1 saturated carbocycles. The molecule has 0 saturated heterocycles. The minimum Gasteiger partial charge on any atom is -0.481 e. The molecule has 0 radical (unpaired) electrons. The molecule has 2 atom stereocenters. The van der Waals surface area contributed by atoms with Gasteiger partial charge in [-0.3, -0.25) is 14.4 Å². The summed E-state index contributed by atoms with van der Waals surface area (Å²) in [5.41, 5.74) is 0.497. The van der Waals surface area contributed by atoms with Crippen LogP contribution in [0.3, 0.4) is 0 Å². The van der Waals surface area contributed by atoms with Crippen LogP contribution < -0.4 is 10.6 Å². The Bertz CT molecular complexity index is 530. The largest absolute Gasteiger partial charge is 0.481 e. The van der Waals surface area contributed by atoms with E-state index in [1.54, 1.807) is 24.3 Å². The van der Waals surface area contributed by atoms with Gasteiger partial charge in [0.2, 0.25) is 5.91 Å². The van der Waals surface area contributed by atoms with Crippen molar-refractivity contribution in [3.63, 3.8) is 0 Å². The SMILES string of the molecule is O=C(CNC(=O)c1ccccc1)N[C@H]1CC[C@@H](C(=O)O)C1. The van der Waals surface area contributed by atoms with Gasteiger partial charge in [0.25, 0.3) is 5.91 Å². The van der Waals surface area contributed by atoms with Crippen LogP contribution in [-0.2, 0) is 9.59 Å². The topological polar surface area (TPSA) is 95.5 Å². The van der Waals surface area contributed by atoms with E-state index >= 15 is 0 Å². The van der Waals surface area contributed by atoms with Crippen LogP contribution in [0.2, 0.25) is 0 Å².